The Bertz CT molecular complexity index is 486. The van der Waals surface area contributed by atoms with Gasteiger partial charge in [0, 0.05) is 38.3 Å². The van der Waals surface area contributed by atoms with E-state index in [1.54, 1.807) is 0 Å². The number of hydrogen-bond acceptors (Lipinski definition) is 4. The van der Waals surface area contributed by atoms with Gasteiger partial charge < -0.3 is 20.0 Å². The summed E-state index contributed by atoms with van der Waals surface area (Å²) in [7, 11) is 0. The van der Waals surface area contributed by atoms with Crippen molar-refractivity contribution in [3.8, 4) is 0 Å². The lowest BCUT2D eigenvalue weighted by Gasteiger charge is -2.45. The predicted molar refractivity (Wildman–Crippen MR) is 69.4 cm³/mol. The van der Waals surface area contributed by atoms with Gasteiger partial charge in [-0.2, -0.15) is 0 Å². The molecule has 0 radical (unpaired) electrons. The number of amides is 1. The summed E-state index contributed by atoms with van der Waals surface area (Å²) in [5, 5.41) is 18.5. The summed E-state index contributed by atoms with van der Waals surface area (Å²) < 4.78 is 0. The fraction of sp³-hybridized carbons (Fsp3) is 0.538. The van der Waals surface area contributed by atoms with Crippen molar-refractivity contribution in [3.63, 3.8) is 0 Å². The largest absolute Gasteiger partial charge is 0.465 e. The summed E-state index contributed by atoms with van der Waals surface area (Å²) >= 11 is 0. The molecule has 6 nitrogen and oxygen atoms in total. The van der Waals surface area contributed by atoms with Crippen molar-refractivity contribution in [2.75, 3.05) is 31.1 Å². The summed E-state index contributed by atoms with van der Waals surface area (Å²) in [4.78, 5) is 18.5. The molecule has 2 fully saturated rings. The molecule has 0 bridgehead atoms. The molecule has 1 aromatic rings. The van der Waals surface area contributed by atoms with E-state index in [0.29, 0.717) is 26.2 Å². The number of rotatable bonds is 2. The van der Waals surface area contributed by atoms with Crippen LogP contribution in [0.5, 0.6) is 0 Å². The predicted octanol–water partition coefficient (Wildman–Crippen LogP) is 0.730. The number of carboxylic acid groups (broad SMARTS) is 1. The first kappa shape index (κ1) is 12.2. The third-order valence-corrected chi connectivity index (χ3v) is 3.78. The Hall–Kier alpha value is -1.82. The molecule has 0 aliphatic carbocycles. The maximum atomic E-state index is 10.7. The van der Waals surface area contributed by atoms with Crippen LogP contribution in [0.15, 0.2) is 18.3 Å². The molecule has 3 rings (SSSR count). The highest BCUT2D eigenvalue weighted by atomic mass is 16.4. The van der Waals surface area contributed by atoms with Crippen LogP contribution in [-0.2, 0) is 0 Å². The second kappa shape index (κ2) is 4.09. The fourth-order valence-corrected chi connectivity index (χ4v) is 2.61. The number of β-amino-alcohol motifs (C(OH)–C–C–N with tert-alkyl or cyclic N) is 1. The zero-order valence-electron chi connectivity index (χ0n) is 10.8. The molecule has 2 aliphatic heterocycles. The van der Waals surface area contributed by atoms with Crippen LogP contribution in [0.2, 0.25) is 0 Å². The SMILES string of the molecule is CC1(O)CN(c2ccc(C3CN(C(=O)O)C3)cn2)C1. The number of aliphatic hydroxyl groups is 1. The van der Waals surface area contributed by atoms with E-state index in [1.165, 1.54) is 4.90 Å². The maximum absolute atomic E-state index is 10.7. The summed E-state index contributed by atoms with van der Waals surface area (Å²) in [6.07, 6.45) is 0.954. The second-order valence-electron chi connectivity index (χ2n) is 5.69. The lowest BCUT2D eigenvalue weighted by Crippen LogP contribution is -2.60. The molecule has 0 spiro atoms. The molecule has 102 valence electrons. The molecule has 0 atom stereocenters. The van der Waals surface area contributed by atoms with Gasteiger partial charge in [-0.1, -0.05) is 6.07 Å². The van der Waals surface area contributed by atoms with Gasteiger partial charge in [0.25, 0.3) is 0 Å². The summed E-state index contributed by atoms with van der Waals surface area (Å²) in [5.74, 6) is 1.13. The van der Waals surface area contributed by atoms with Crippen molar-refractivity contribution in [2.24, 2.45) is 0 Å². The minimum absolute atomic E-state index is 0.261. The fourth-order valence-electron chi connectivity index (χ4n) is 2.61. The van der Waals surface area contributed by atoms with E-state index >= 15 is 0 Å². The molecule has 0 saturated carbocycles. The minimum Gasteiger partial charge on any atom is -0.465 e. The topological polar surface area (TPSA) is 76.9 Å². The number of hydrogen-bond donors (Lipinski definition) is 2. The molecule has 19 heavy (non-hydrogen) atoms. The van der Waals surface area contributed by atoms with Gasteiger partial charge in [-0.25, -0.2) is 9.78 Å². The Morgan fingerprint density at radius 2 is 2.11 bits per heavy atom. The van der Waals surface area contributed by atoms with Crippen molar-refractivity contribution >= 4 is 11.9 Å². The van der Waals surface area contributed by atoms with E-state index in [-0.39, 0.29) is 5.92 Å². The maximum Gasteiger partial charge on any atom is 0.407 e. The van der Waals surface area contributed by atoms with Gasteiger partial charge in [0.05, 0.1) is 5.60 Å². The molecular formula is C13H17N3O3. The third-order valence-electron chi connectivity index (χ3n) is 3.78. The number of carbonyl (C=O) groups is 1. The number of anilines is 1. The molecule has 0 aromatic carbocycles. The van der Waals surface area contributed by atoms with Crippen LogP contribution in [0, 0.1) is 0 Å². The van der Waals surface area contributed by atoms with Crippen LogP contribution in [0.4, 0.5) is 10.6 Å². The third kappa shape index (κ3) is 2.23. The van der Waals surface area contributed by atoms with E-state index < -0.39 is 11.7 Å². The van der Waals surface area contributed by atoms with E-state index in [9.17, 15) is 9.90 Å². The summed E-state index contributed by atoms with van der Waals surface area (Å²) in [6.45, 7) is 4.13. The average Bonchev–Trinajstić information content (AvgIpc) is 2.24. The number of likely N-dealkylation sites (tertiary alicyclic amines) is 1. The van der Waals surface area contributed by atoms with Crippen LogP contribution in [0.25, 0.3) is 0 Å². The van der Waals surface area contributed by atoms with Crippen LogP contribution in [0.1, 0.15) is 18.4 Å². The highest BCUT2D eigenvalue weighted by Gasteiger charge is 2.37. The van der Waals surface area contributed by atoms with Gasteiger partial charge in [-0.05, 0) is 18.6 Å². The highest BCUT2D eigenvalue weighted by molar-refractivity contribution is 5.66. The summed E-state index contributed by atoms with van der Waals surface area (Å²) in [6, 6.07) is 3.94. The van der Waals surface area contributed by atoms with E-state index in [1.807, 2.05) is 30.2 Å². The second-order valence-corrected chi connectivity index (χ2v) is 5.69. The van der Waals surface area contributed by atoms with Gasteiger partial charge in [0.1, 0.15) is 5.82 Å². The van der Waals surface area contributed by atoms with Crippen LogP contribution < -0.4 is 4.90 Å². The molecule has 1 amide bonds. The monoisotopic (exact) mass is 263 g/mol. The molecule has 0 unspecified atom stereocenters. The normalized spacial score (nSPS) is 21.8. The molecular weight excluding hydrogens is 246 g/mol. The summed E-state index contributed by atoms with van der Waals surface area (Å²) in [5.41, 5.74) is 0.476. The Balaban J connectivity index is 1.60. The van der Waals surface area contributed by atoms with Crippen molar-refractivity contribution in [2.45, 2.75) is 18.4 Å². The molecule has 2 aliphatic rings. The zero-order valence-corrected chi connectivity index (χ0v) is 10.8. The van der Waals surface area contributed by atoms with Gasteiger partial charge in [0.15, 0.2) is 0 Å². The minimum atomic E-state index is -0.858. The van der Waals surface area contributed by atoms with Crippen LogP contribution in [-0.4, -0.2) is 58.0 Å². The Kier molecular flexibility index (Phi) is 2.63. The van der Waals surface area contributed by atoms with Gasteiger partial charge in [0.2, 0.25) is 0 Å². The molecule has 1 aromatic heterocycles. The van der Waals surface area contributed by atoms with E-state index in [0.717, 1.165) is 11.4 Å². The number of pyridine rings is 1. The highest BCUT2D eigenvalue weighted by Crippen LogP contribution is 2.29. The first-order valence-electron chi connectivity index (χ1n) is 6.36. The Morgan fingerprint density at radius 1 is 1.42 bits per heavy atom. The van der Waals surface area contributed by atoms with Crippen molar-refractivity contribution in [1.82, 2.24) is 9.88 Å². The quantitative estimate of drug-likeness (QED) is 0.822. The Labute approximate surface area is 111 Å². The van der Waals surface area contributed by atoms with Gasteiger partial charge >= 0.3 is 6.09 Å². The number of aromatic nitrogens is 1. The first-order valence-corrected chi connectivity index (χ1v) is 6.36. The first-order chi connectivity index (χ1) is 8.94. The van der Waals surface area contributed by atoms with Crippen molar-refractivity contribution in [1.29, 1.82) is 0 Å². The van der Waals surface area contributed by atoms with Gasteiger partial charge in [-0.3, -0.25) is 0 Å². The zero-order chi connectivity index (χ0) is 13.6. The van der Waals surface area contributed by atoms with Crippen molar-refractivity contribution in [3.05, 3.63) is 23.9 Å². The number of nitrogens with zero attached hydrogens (tertiary/aromatic N) is 3. The van der Waals surface area contributed by atoms with E-state index in [2.05, 4.69) is 4.98 Å². The van der Waals surface area contributed by atoms with Gasteiger partial charge in [-0.15, -0.1) is 0 Å². The molecule has 2 N–H and O–H groups in total. The van der Waals surface area contributed by atoms with E-state index in [4.69, 9.17) is 5.11 Å². The van der Waals surface area contributed by atoms with Crippen molar-refractivity contribution < 1.29 is 15.0 Å². The molecule has 6 heteroatoms. The van der Waals surface area contributed by atoms with Crippen LogP contribution >= 0.6 is 0 Å². The lowest BCUT2D eigenvalue weighted by molar-refractivity contribution is 0.0305. The molecule has 2 saturated heterocycles. The van der Waals surface area contributed by atoms with Crippen LogP contribution in [0.3, 0.4) is 0 Å². The lowest BCUT2D eigenvalue weighted by atomic mass is 9.93. The Morgan fingerprint density at radius 3 is 2.58 bits per heavy atom. The standard InChI is InChI=1S/C13H17N3O3/c1-13(19)7-16(8-13)11-3-2-9(4-14-11)10-5-15(6-10)12(17)18/h2-4,10,19H,5-8H2,1H3,(H,17,18). The smallest absolute Gasteiger partial charge is 0.407 e. The average molecular weight is 263 g/mol. The molecule has 3 heterocycles.